The van der Waals surface area contributed by atoms with Crippen LogP contribution in [0.25, 0.3) is 97.0 Å². The Balaban J connectivity index is 1.52. The highest BCUT2D eigenvalue weighted by atomic mass is 16.1. The van der Waals surface area contributed by atoms with Gasteiger partial charge < -0.3 is 9.97 Å². The van der Waals surface area contributed by atoms with E-state index in [1.165, 1.54) is 6.08 Å². The summed E-state index contributed by atoms with van der Waals surface area (Å²) in [7, 11) is 0. The van der Waals surface area contributed by atoms with Crippen molar-refractivity contribution in [1.82, 2.24) is 19.9 Å². The van der Waals surface area contributed by atoms with Gasteiger partial charge in [-0.15, -0.1) is 0 Å². The molecule has 0 unspecified atom stereocenters. The SMILES string of the molecule is O=C/C=C/c1cc2[nH]c1c(-c1ccccc1)c1nc(c(-c3ccccc3)c3ccc([nH]3)c(-c3ccccc3)c3nc(c2-c2ccccc2)C=C3)C=C1. The zero-order valence-corrected chi connectivity index (χ0v) is 28.1. The molecule has 0 spiro atoms. The molecule has 0 amide bonds. The summed E-state index contributed by atoms with van der Waals surface area (Å²) >= 11 is 0. The lowest BCUT2D eigenvalue weighted by Gasteiger charge is -2.07. The van der Waals surface area contributed by atoms with Crippen molar-refractivity contribution in [2.24, 2.45) is 0 Å². The molecule has 246 valence electrons. The third-order valence-electron chi connectivity index (χ3n) is 9.50. The molecule has 9 rings (SSSR count). The van der Waals surface area contributed by atoms with Crippen molar-refractivity contribution in [1.29, 1.82) is 0 Å². The van der Waals surface area contributed by atoms with E-state index >= 15 is 0 Å². The molecule has 0 radical (unpaired) electrons. The van der Waals surface area contributed by atoms with Crippen LogP contribution in [0.2, 0.25) is 0 Å². The van der Waals surface area contributed by atoms with E-state index < -0.39 is 0 Å². The summed E-state index contributed by atoms with van der Waals surface area (Å²) in [4.78, 5) is 30.1. The van der Waals surface area contributed by atoms with E-state index in [2.05, 4.69) is 125 Å². The molecule has 5 nitrogen and oxygen atoms in total. The van der Waals surface area contributed by atoms with Crippen LogP contribution in [0.5, 0.6) is 0 Å². The highest BCUT2D eigenvalue weighted by Gasteiger charge is 2.20. The average Bonchev–Trinajstić information content (AvgIpc) is 4.03. The molecule has 2 aliphatic heterocycles. The number of carbonyl (C=O) groups excluding carboxylic acids is 1. The van der Waals surface area contributed by atoms with Gasteiger partial charge in [-0.3, -0.25) is 4.79 Å². The number of aldehydes is 1. The molecule has 0 fully saturated rings. The maximum atomic E-state index is 11.7. The Kier molecular flexibility index (Phi) is 7.91. The number of benzene rings is 4. The second-order valence-electron chi connectivity index (χ2n) is 12.7. The number of hydrogen-bond donors (Lipinski definition) is 2. The Hall–Kier alpha value is -7.11. The molecule has 52 heavy (non-hydrogen) atoms. The Morgan fingerprint density at radius 3 is 1.23 bits per heavy atom. The Morgan fingerprint density at radius 2 is 0.808 bits per heavy atom. The van der Waals surface area contributed by atoms with Crippen molar-refractivity contribution in [2.75, 3.05) is 0 Å². The van der Waals surface area contributed by atoms with Crippen LogP contribution in [0.1, 0.15) is 28.3 Å². The van der Waals surface area contributed by atoms with Gasteiger partial charge in [-0.1, -0.05) is 121 Å². The van der Waals surface area contributed by atoms with Gasteiger partial charge in [0.2, 0.25) is 0 Å². The van der Waals surface area contributed by atoms with Gasteiger partial charge in [0.15, 0.2) is 0 Å². The number of aromatic nitrogens is 4. The molecule has 0 aliphatic carbocycles. The predicted molar refractivity (Wildman–Crippen MR) is 216 cm³/mol. The summed E-state index contributed by atoms with van der Waals surface area (Å²) in [6.45, 7) is 0. The van der Waals surface area contributed by atoms with Crippen LogP contribution in [-0.4, -0.2) is 26.2 Å². The number of nitrogens with zero attached hydrogens (tertiary/aromatic N) is 2. The van der Waals surface area contributed by atoms with E-state index in [4.69, 9.17) is 9.97 Å². The Morgan fingerprint density at radius 1 is 0.423 bits per heavy atom. The molecule has 2 aliphatic rings. The Labute approximate surface area is 301 Å². The van der Waals surface area contributed by atoms with Crippen LogP contribution < -0.4 is 0 Å². The van der Waals surface area contributed by atoms with Gasteiger partial charge >= 0.3 is 0 Å². The monoisotopic (exact) mass is 668 g/mol. The van der Waals surface area contributed by atoms with E-state index in [0.717, 1.165) is 101 Å². The summed E-state index contributed by atoms with van der Waals surface area (Å²) in [5.41, 5.74) is 15.9. The van der Waals surface area contributed by atoms with Crippen molar-refractivity contribution >= 4 is 58.7 Å². The van der Waals surface area contributed by atoms with Crippen molar-refractivity contribution in [2.45, 2.75) is 0 Å². The van der Waals surface area contributed by atoms with Gasteiger partial charge in [0.1, 0.15) is 6.29 Å². The molecular formula is C47H32N4O. The number of allylic oxidation sites excluding steroid dienone is 1. The van der Waals surface area contributed by atoms with Crippen LogP contribution in [0.15, 0.2) is 146 Å². The average molecular weight is 669 g/mol. The first-order valence-electron chi connectivity index (χ1n) is 17.3. The highest BCUT2D eigenvalue weighted by molar-refractivity contribution is 6.02. The quantitative estimate of drug-likeness (QED) is 0.137. The van der Waals surface area contributed by atoms with Crippen molar-refractivity contribution in [3.05, 3.63) is 174 Å². The number of H-pyrrole nitrogens is 2. The topological polar surface area (TPSA) is 74.4 Å². The van der Waals surface area contributed by atoms with Crippen LogP contribution in [-0.2, 0) is 4.79 Å². The first-order valence-corrected chi connectivity index (χ1v) is 17.3. The number of fused-ring (bicyclic) bond motifs is 8. The molecule has 0 saturated carbocycles. The second kappa shape index (κ2) is 13.3. The minimum absolute atomic E-state index is 0.812. The molecular weight excluding hydrogens is 637 g/mol. The third kappa shape index (κ3) is 5.60. The standard InChI is InChI=1S/C47H32N4O/c52-29-13-22-35-30-42-45(33-18-9-3-10-19-33)40-26-25-38(49-40)43(31-14-5-1-6-15-31)36-23-24-37(48-36)44(32-16-7-2-8-17-32)39-27-28-41(50-39)46(47(35)51-42)34-20-11-4-12-21-34/h1-30,48,51H/b22-13+,43-36?,43-38?,44-37?,44-39?,45-40?,45-42?,46-41?,47-46?. The van der Waals surface area contributed by atoms with Gasteiger partial charge in [0, 0.05) is 44.4 Å². The zero-order chi connectivity index (χ0) is 34.9. The third-order valence-corrected chi connectivity index (χ3v) is 9.50. The van der Waals surface area contributed by atoms with Crippen LogP contribution in [0.3, 0.4) is 0 Å². The first kappa shape index (κ1) is 30.9. The van der Waals surface area contributed by atoms with Crippen molar-refractivity contribution in [3.8, 4) is 44.5 Å². The van der Waals surface area contributed by atoms with Crippen molar-refractivity contribution in [3.63, 3.8) is 0 Å². The predicted octanol–water partition coefficient (Wildman–Crippen LogP) is 11.5. The van der Waals surface area contributed by atoms with E-state index in [9.17, 15) is 4.79 Å². The van der Waals surface area contributed by atoms with E-state index in [1.54, 1.807) is 0 Å². The number of nitrogens with one attached hydrogen (secondary N) is 2. The van der Waals surface area contributed by atoms with Gasteiger partial charge in [0.25, 0.3) is 0 Å². The summed E-state index contributed by atoms with van der Waals surface area (Å²) < 4.78 is 0. The van der Waals surface area contributed by atoms with Gasteiger partial charge in [-0.2, -0.15) is 0 Å². The zero-order valence-electron chi connectivity index (χ0n) is 28.1. The fourth-order valence-corrected chi connectivity index (χ4v) is 7.22. The van der Waals surface area contributed by atoms with E-state index in [1.807, 2.05) is 54.6 Å². The molecule has 8 bridgehead atoms. The minimum Gasteiger partial charge on any atom is -0.354 e. The molecule has 2 N–H and O–H groups in total. The van der Waals surface area contributed by atoms with Crippen LogP contribution in [0, 0.1) is 0 Å². The molecule has 3 aromatic heterocycles. The second-order valence-corrected chi connectivity index (χ2v) is 12.7. The minimum atomic E-state index is 0.812. The van der Waals surface area contributed by atoms with Crippen LogP contribution in [0.4, 0.5) is 0 Å². The first-order chi connectivity index (χ1) is 25.7. The van der Waals surface area contributed by atoms with E-state index in [0.29, 0.717) is 0 Å². The highest BCUT2D eigenvalue weighted by Crippen LogP contribution is 2.39. The normalized spacial score (nSPS) is 12.1. The van der Waals surface area contributed by atoms with Gasteiger partial charge in [0.05, 0.1) is 28.3 Å². The molecule has 0 atom stereocenters. The summed E-state index contributed by atoms with van der Waals surface area (Å²) in [6, 6.07) is 47.8. The largest absolute Gasteiger partial charge is 0.354 e. The van der Waals surface area contributed by atoms with Crippen molar-refractivity contribution < 1.29 is 4.79 Å². The van der Waals surface area contributed by atoms with Gasteiger partial charge in [-0.25, -0.2) is 9.97 Å². The summed E-state index contributed by atoms with van der Waals surface area (Å²) in [5, 5.41) is 0. The maximum absolute atomic E-state index is 11.7. The fourth-order valence-electron chi connectivity index (χ4n) is 7.22. The molecule has 5 heteroatoms. The maximum Gasteiger partial charge on any atom is 0.142 e. The lowest BCUT2D eigenvalue weighted by atomic mass is 10.0. The number of rotatable bonds is 6. The summed E-state index contributed by atoms with van der Waals surface area (Å²) in [6.07, 6.45) is 12.6. The van der Waals surface area contributed by atoms with E-state index in [-0.39, 0.29) is 0 Å². The number of carbonyl (C=O) groups is 1. The number of aromatic amines is 2. The lowest BCUT2D eigenvalue weighted by molar-refractivity contribution is -0.104. The fraction of sp³-hybridized carbons (Fsp3) is 0. The molecule has 0 saturated heterocycles. The summed E-state index contributed by atoms with van der Waals surface area (Å²) in [5.74, 6) is 0. The Bertz CT molecular complexity index is 2720. The molecule has 4 aromatic carbocycles. The molecule has 5 heterocycles. The smallest absolute Gasteiger partial charge is 0.142 e. The number of hydrogen-bond acceptors (Lipinski definition) is 3. The lowest BCUT2D eigenvalue weighted by Crippen LogP contribution is -1.89. The van der Waals surface area contributed by atoms with Crippen LogP contribution >= 0.6 is 0 Å². The van der Waals surface area contributed by atoms with Gasteiger partial charge in [-0.05, 0) is 76.9 Å². The molecule has 7 aromatic rings.